The summed E-state index contributed by atoms with van der Waals surface area (Å²) in [5, 5.41) is 0. The van der Waals surface area contributed by atoms with Gasteiger partial charge in [0.25, 0.3) is 0 Å². The maximum Gasteiger partial charge on any atom is 0.248 e. The standard InChI is InChI=1S/C12H17NO4/c1-15-7-8-17-13-12(14)9-10-5-3-4-6-11(10)16-2/h3-6H,7-9H2,1-2H3,(H,13,14). The molecule has 5 heteroatoms. The summed E-state index contributed by atoms with van der Waals surface area (Å²) in [5.41, 5.74) is 3.16. The van der Waals surface area contributed by atoms with Gasteiger partial charge in [0.15, 0.2) is 0 Å². The number of hydrogen-bond donors (Lipinski definition) is 1. The molecule has 1 aromatic rings. The van der Waals surface area contributed by atoms with E-state index in [9.17, 15) is 4.79 Å². The quantitative estimate of drug-likeness (QED) is 0.568. The molecule has 0 unspecified atom stereocenters. The van der Waals surface area contributed by atoms with Crippen molar-refractivity contribution in [1.82, 2.24) is 5.48 Å². The van der Waals surface area contributed by atoms with Crippen LogP contribution in [0.15, 0.2) is 24.3 Å². The fourth-order valence-electron chi connectivity index (χ4n) is 1.31. The predicted octanol–water partition coefficient (Wildman–Crippen LogP) is 0.932. The number of para-hydroxylation sites is 1. The molecule has 0 spiro atoms. The number of rotatable bonds is 7. The number of benzene rings is 1. The van der Waals surface area contributed by atoms with Crippen molar-refractivity contribution in [3.8, 4) is 5.75 Å². The van der Waals surface area contributed by atoms with E-state index in [1.54, 1.807) is 14.2 Å². The van der Waals surface area contributed by atoms with Gasteiger partial charge in [-0.1, -0.05) is 18.2 Å². The Balaban J connectivity index is 2.39. The van der Waals surface area contributed by atoms with E-state index in [2.05, 4.69) is 5.48 Å². The van der Waals surface area contributed by atoms with E-state index in [4.69, 9.17) is 14.3 Å². The van der Waals surface area contributed by atoms with Crippen LogP contribution in [0.1, 0.15) is 5.56 Å². The molecule has 0 atom stereocenters. The van der Waals surface area contributed by atoms with Gasteiger partial charge in [-0.05, 0) is 6.07 Å². The molecule has 1 aromatic carbocycles. The summed E-state index contributed by atoms with van der Waals surface area (Å²) in [5.74, 6) is 0.477. The highest BCUT2D eigenvalue weighted by Crippen LogP contribution is 2.17. The molecule has 0 aliphatic heterocycles. The zero-order valence-electron chi connectivity index (χ0n) is 10.1. The second-order valence-electron chi connectivity index (χ2n) is 3.36. The fraction of sp³-hybridized carbons (Fsp3) is 0.417. The summed E-state index contributed by atoms with van der Waals surface area (Å²) in [4.78, 5) is 16.4. The van der Waals surface area contributed by atoms with Crippen molar-refractivity contribution < 1.29 is 19.1 Å². The highest BCUT2D eigenvalue weighted by atomic mass is 16.7. The van der Waals surface area contributed by atoms with Crippen molar-refractivity contribution in [2.75, 3.05) is 27.4 Å². The zero-order chi connectivity index (χ0) is 12.5. The minimum atomic E-state index is -0.217. The molecule has 17 heavy (non-hydrogen) atoms. The van der Waals surface area contributed by atoms with Crippen LogP contribution in [0.25, 0.3) is 0 Å². The highest BCUT2D eigenvalue weighted by molar-refractivity contribution is 5.78. The summed E-state index contributed by atoms with van der Waals surface area (Å²) in [7, 11) is 3.14. The van der Waals surface area contributed by atoms with E-state index < -0.39 is 0 Å². The monoisotopic (exact) mass is 239 g/mol. The van der Waals surface area contributed by atoms with Crippen LogP contribution >= 0.6 is 0 Å². The van der Waals surface area contributed by atoms with E-state index in [-0.39, 0.29) is 12.3 Å². The third-order valence-electron chi connectivity index (χ3n) is 2.12. The van der Waals surface area contributed by atoms with Gasteiger partial charge in [-0.3, -0.25) is 9.63 Å². The van der Waals surface area contributed by atoms with Gasteiger partial charge >= 0.3 is 0 Å². The van der Waals surface area contributed by atoms with Crippen molar-refractivity contribution in [3.63, 3.8) is 0 Å². The van der Waals surface area contributed by atoms with E-state index in [1.807, 2.05) is 24.3 Å². The van der Waals surface area contributed by atoms with Crippen LogP contribution in [0.2, 0.25) is 0 Å². The lowest BCUT2D eigenvalue weighted by atomic mass is 10.1. The van der Waals surface area contributed by atoms with Gasteiger partial charge in [-0.15, -0.1) is 0 Å². The van der Waals surface area contributed by atoms with E-state index >= 15 is 0 Å². The molecule has 0 saturated heterocycles. The molecule has 0 fully saturated rings. The van der Waals surface area contributed by atoms with Crippen molar-refractivity contribution >= 4 is 5.91 Å². The van der Waals surface area contributed by atoms with Crippen LogP contribution in [-0.2, 0) is 20.8 Å². The van der Waals surface area contributed by atoms with Crippen LogP contribution in [-0.4, -0.2) is 33.3 Å². The smallest absolute Gasteiger partial charge is 0.248 e. The average Bonchev–Trinajstić information content (AvgIpc) is 2.35. The van der Waals surface area contributed by atoms with Crippen LogP contribution in [0, 0.1) is 0 Å². The first-order valence-corrected chi connectivity index (χ1v) is 5.29. The van der Waals surface area contributed by atoms with Crippen molar-refractivity contribution in [2.24, 2.45) is 0 Å². The van der Waals surface area contributed by atoms with Gasteiger partial charge in [0.05, 0.1) is 26.7 Å². The van der Waals surface area contributed by atoms with E-state index in [1.165, 1.54) is 0 Å². The van der Waals surface area contributed by atoms with Crippen molar-refractivity contribution in [2.45, 2.75) is 6.42 Å². The molecule has 1 amide bonds. The summed E-state index contributed by atoms with van der Waals surface area (Å²) in [6.45, 7) is 0.767. The largest absolute Gasteiger partial charge is 0.496 e. The summed E-state index contributed by atoms with van der Waals surface area (Å²) < 4.78 is 9.93. The topological polar surface area (TPSA) is 56.8 Å². The number of nitrogens with one attached hydrogen (secondary N) is 1. The van der Waals surface area contributed by atoms with Crippen LogP contribution in [0.4, 0.5) is 0 Å². The lowest BCUT2D eigenvalue weighted by Crippen LogP contribution is -2.27. The van der Waals surface area contributed by atoms with Crippen molar-refractivity contribution in [3.05, 3.63) is 29.8 Å². The molecule has 1 rings (SSSR count). The fourth-order valence-corrected chi connectivity index (χ4v) is 1.31. The Morgan fingerprint density at radius 3 is 2.71 bits per heavy atom. The number of amides is 1. The Kier molecular flexibility index (Phi) is 6.06. The number of hydrogen-bond acceptors (Lipinski definition) is 4. The van der Waals surface area contributed by atoms with E-state index in [0.29, 0.717) is 19.0 Å². The molecule has 0 aliphatic carbocycles. The van der Waals surface area contributed by atoms with Crippen LogP contribution < -0.4 is 10.2 Å². The minimum absolute atomic E-state index is 0.217. The van der Waals surface area contributed by atoms with Gasteiger partial charge < -0.3 is 9.47 Å². The van der Waals surface area contributed by atoms with Crippen LogP contribution in [0.5, 0.6) is 5.75 Å². The molecule has 1 N–H and O–H groups in total. The number of methoxy groups -OCH3 is 2. The van der Waals surface area contributed by atoms with Gasteiger partial charge in [-0.25, -0.2) is 5.48 Å². The Morgan fingerprint density at radius 2 is 2.00 bits per heavy atom. The summed E-state index contributed by atoms with van der Waals surface area (Å²) in [6, 6.07) is 7.37. The molecule has 5 nitrogen and oxygen atoms in total. The molecular formula is C12H17NO4. The molecule has 0 radical (unpaired) electrons. The zero-order valence-corrected chi connectivity index (χ0v) is 10.1. The molecule has 0 aromatic heterocycles. The van der Waals surface area contributed by atoms with Gasteiger partial charge in [0.1, 0.15) is 5.75 Å². The third-order valence-corrected chi connectivity index (χ3v) is 2.12. The molecule has 0 bridgehead atoms. The first-order valence-electron chi connectivity index (χ1n) is 5.29. The minimum Gasteiger partial charge on any atom is -0.496 e. The second-order valence-corrected chi connectivity index (χ2v) is 3.36. The molecule has 0 saturated carbocycles. The molecular weight excluding hydrogens is 222 g/mol. The van der Waals surface area contributed by atoms with Crippen molar-refractivity contribution in [1.29, 1.82) is 0 Å². The summed E-state index contributed by atoms with van der Waals surface area (Å²) >= 11 is 0. The Hall–Kier alpha value is -1.59. The Bertz CT molecular complexity index is 354. The first-order chi connectivity index (χ1) is 8.27. The number of hydroxylamine groups is 1. The number of ether oxygens (including phenoxy) is 2. The Morgan fingerprint density at radius 1 is 1.24 bits per heavy atom. The molecule has 0 heterocycles. The Labute approximate surface area is 101 Å². The maximum atomic E-state index is 11.5. The van der Waals surface area contributed by atoms with Crippen LogP contribution in [0.3, 0.4) is 0 Å². The third kappa shape index (κ3) is 4.84. The lowest BCUT2D eigenvalue weighted by Gasteiger charge is -2.08. The molecule has 94 valence electrons. The lowest BCUT2D eigenvalue weighted by molar-refractivity contribution is -0.133. The maximum absolute atomic E-state index is 11.5. The normalized spacial score (nSPS) is 10.0. The predicted molar refractivity (Wildman–Crippen MR) is 62.7 cm³/mol. The van der Waals surface area contributed by atoms with Gasteiger partial charge in [0, 0.05) is 12.7 Å². The first kappa shape index (κ1) is 13.5. The van der Waals surface area contributed by atoms with E-state index in [0.717, 1.165) is 5.56 Å². The highest BCUT2D eigenvalue weighted by Gasteiger charge is 2.07. The molecule has 0 aliphatic rings. The average molecular weight is 239 g/mol. The SMILES string of the molecule is COCCONC(=O)Cc1ccccc1OC. The number of carbonyl (C=O) groups is 1. The second kappa shape index (κ2) is 7.65. The van der Waals surface area contributed by atoms with Gasteiger partial charge in [-0.2, -0.15) is 0 Å². The summed E-state index contributed by atoms with van der Waals surface area (Å²) in [6.07, 6.45) is 0.219. The van der Waals surface area contributed by atoms with Gasteiger partial charge in [0.2, 0.25) is 5.91 Å². The number of carbonyl (C=O) groups excluding carboxylic acids is 1.